The maximum absolute atomic E-state index is 13.4. The summed E-state index contributed by atoms with van der Waals surface area (Å²) < 4.78 is 18.9. The van der Waals surface area contributed by atoms with E-state index in [1.165, 1.54) is 12.1 Å². The van der Waals surface area contributed by atoms with E-state index >= 15 is 0 Å². The topological polar surface area (TPSA) is 92.0 Å². The molecule has 3 rings (SSSR count). The van der Waals surface area contributed by atoms with E-state index in [0.29, 0.717) is 44.4 Å². The Hall–Kier alpha value is -2.97. The van der Waals surface area contributed by atoms with Crippen molar-refractivity contribution in [2.75, 3.05) is 39.4 Å². The smallest absolute Gasteiger partial charge is 0.248 e. The molecular weight excluding hydrogens is 397 g/mol. The fourth-order valence-electron chi connectivity index (χ4n) is 3.56. The van der Waals surface area contributed by atoms with Gasteiger partial charge in [0.25, 0.3) is 0 Å². The first kappa shape index (κ1) is 22.7. The first-order valence-electron chi connectivity index (χ1n) is 10.5. The van der Waals surface area contributed by atoms with Gasteiger partial charge in [-0.15, -0.1) is 0 Å². The summed E-state index contributed by atoms with van der Waals surface area (Å²) in [5.41, 5.74) is 7.78. The molecule has 1 heterocycles. The van der Waals surface area contributed by atoms with E-state index in [4.69, 9.17) is 10.5 Å². The molecule has 1 fully saturated rings. The van der Waals surface area contributed by atoms with Crippen LogP contribution in [0.4, 0.5) is 4.39 Å². The summed E-state index contributed by atoms with van der Waals surface area (Å²) in [6.45, 7) is 6.74. The van der Waals surface area contributed by atoms with Gasteiger partial charge in [0, 0.05) is 31.7 Å². The summed E-state index contributed by atoms with van der Waals surface area (Å²) in [7, 11) is 0. The van der Waals surface area contributed by atoms with Crippen LogP contribution in [0.25, 0.3) is 0 Å². The predicted molar refractivity (Wildman–Crippen MR) is 119 cm³/mol. The van der Waals surface area contributed by atoms with E-state index in [-0.39, 0.29) is 11.9 Å². The number of carbonyl (C=O) groups excluding carboxylic acids is 1. The Bertz CT molecular complexity index is 882. The SMILES string of the molecule is CCNC(=NCc1cccc(C(N)=O)c1)NCC(c1ccc(F)cc1)N1CCOCC1. The van der Waals surface area contributed by atoms with Crippen molar-refractivity contribution in [1.82, 2.24) is 15.5 Å². The lowest BCUT2D eigenvalue weighted by Crippen LogP contribution is -2.46. The Morgan fingerprint density at radius 3 is 2.61 bits per heavy atom. The molecule has 1 atom stereocenters. The number of hydrogen-bond donors (Lipinski definition) is 3. The van der Waals surface area contributed by atoms with E-state index in [0.717, 1.165) is 24.2 Å². The van der Waals surface area contributed by atoms with Crippen LogP contribution >= 0.6 is 0 Å². The van der Waals surface area contributed by atoms with Crippen molar-refractivity contribution in [3.63, 3.8) is 0 Å². The highest BCUT2D eigenvalue weighted by atomic mass is 19.1. The van der Waals surface area contributed by atoms with Crippen molar-refractivity contribution in [2.45, 2.75) is 19.5 Å². The standard InChI is InChI=1S/C23H30FN5O2/c1-2-26-23(27-15-17-4-3-5-19(14-17)22(25)30)28-16-21(29-10-12-31-13-11-29)18-6-8-20(24)9-7-18/h3-9,14,21H,2,10-13,15-16H2,1H3,(H2,25,30)(H2,26,27,28). The summed E-state index contributed by atoms with van der Waals surface area (Å²) >= 11 is 0. The van der Waals surface area contributed by atoms with Crippen LogP contribution in [0.5, 0.6) is 0 Å². The number of aliphatic imine (C=N–C) groups is 1. The number of primary amides is 1. The Morgan fingerprint density at radius 2 is 1.94 bits per heavy atom. The maximum Gasteiger partial charge on any atom is 0.248 e. The zero-order valence-electron chi connectivity index (χ0n) is 17.8. The highest BCUT2D eigenvalue weighted by Crippen LogP contribution is 2.21. The molecule has 8 heteroatoms. The number of amides is 1. The molecule has 0 bridgehead atoms. The van der Waals surface area contributed by atoms with Crippen molar-refractivity contribution < 1.29 is 13.9 Å². The molecule has 1 unspecified atom stereocenters. The number of carbonyl (C=O) groups is 1. The molecule has 0 aromatic heterocycles. The average molecular weight is 428 g/mol. The fourth-order valence-corrected chi connectivity index (χ4v) is 3.56. The second-order valence-electron chi connectivity index (χ2n) is 7.36. The quantitative estimate of drug-likeness (QED) is 0.443. The average Bonchev–Trinajstić information content (AvgIpc) is 2.79. The van der Waals surface area contributed by atoms with Crippen LogP contribution in [-0.4, -0.2) is 56.2 Å². The van der Waals surface area contributed by atoms with Crippen LogP contribution < -0.4 is 16.4 Å². The molecule has 2 aromatic rings. The van der Waals surface area contributed by atoms with Crippen LogP contribution in [0, 0.1) is 5.82 Å². The highest BCUT2D eigenvalue weighted by molar-refractivity contribution is 5.92. The van der Waals surface area contributed by atoms with Crippen LogP contribution in [0.1, 0.15) is 34.5 Å². The number of morpholine rings is 1. The number of halogens is 1. The summed E-state index contributed by atoms with van der Waals surface area (Å²) in [6.07, 6.45) is 0. The third-order valence-corrected chi connectivity index (χ3v) is 5.18. The zero-order chi connectivity index (χ0) is 22.1. The minimum absolute atomic E-state index is 0.0616. The molecule has 166 valence electrons. The lowest BCUT2D eigenvalue weighted by Gasteiger charge is -2.35. The summed E-state index contributed by atoms with van der Waals surface area (Å²) in [6, 6.07) is 13.9. The number of ether oxygens (including phenoxy) is 1. The van der Waals surface area contributed by atoms with Crippen LogP contribution in [0.3, 0.4) is 0 Å². The van der Waals surface area contributed by atoms with Crippen molar-refractivity contribution in [2.24, 2.45) is 10.7 Å². The number of nitrogens with two attached hydrogens (primary N) is 1. The Kier molecular flexibility index (Phi) is 8.37. The minimum Gasteiger partial charge on any atom is -0.379 e. The lowest BCUT2D eigenvalue weighted by molar-refractivity contribution is 0.0170. The van der Waals surface area contributed by atoms with Crippen molar-refractivity contribution in [3.8, 4) is 0 Å². The molecule has 0 saturated carbocycles. The largest absolute Gasteiger partial charge is 0.379 e. The maximum atomic E-state index is 13.4. The number of guanidine groups is 1. The first-order valence-corrected chi connectivity index (χ1v) is 10.5. The molecule has 1 aliphatic heterocycles. The Labute approximate surface area is 182 Å². The van der Waals surface area contributed by atoms with Gasteiger partial charge < -0.3 is 21.1 Å². The van der Waals surface area contributed by atoms with Gasteiger partial charge in [0.15, 0.2) is 5.96 Å². The van der Waals surface area contributed by atoms with E-state index in [1.807, 2.05) is 25.1 Å². The molecule has 4 N–H and O–H groups in total. The Morgan fingerprint density at radius 1 is 1.19 bits per heavy atom. The van der Waals surface area contributed by atoms with Gasteiger partial charge in [-0.3, -0.25) is 9.69 Å². The summed E-state index contributed by atoms with van der Waals surface area (Å²) in [5, 5.41) is 6.66. The van der Waals surface area contributed by atoms with Gasteiger partial charge in [-0.25, -0.2) is 9.38 Å². The number of rotatable bonds is 8. The van der Waals surface area contributed by atoms with Crippen molar-refractivity contribution in [1.29, 1.82) is 0 Å². The van der Waals surface area contributed by atoms with Gasteiger partial charge in [-0.05, 0) is 42.3 Å². The van der Waals surface area contributed by atoms with Gasteiger partial charge in [0.1, 0.15) is 5.82 Å². The highest BCUT2D eigenvalue weighted by Gasteiger charge is 2.23. The van der Waals surface area contributed by atoms with Crippen LogP contribution in [-0.2, 0) is 11.3 Å². The molecule has 31 heavy (non-hydrogen) atoms. The monoisotopic (exact) mass is 427 g/mol. The molecule has 7 nitrogen and oxygen atoms in total. The van der Waals surface area contributed by atoms with Gasteiger partial charge in [0.05, 0.1) is 25.8 Å². The van der Waals surface area contributed by atoms with Gasteiger partial charge in [-0.2, -0.15) is 0 Å². The third-order valence-electron chi connectivity index (χ3n) is 5.18. The molecule has 1 saturated heterocycles. The summed E-state index contributed by atoms with van der Waals surface area (Å²) in [5.74, 6) is -0.0265. The second-order valence-corrected chi connectivity index (χ2v) is 7.36. The van der Waals surface area contributed by atoms with Gasteiger partial charge in [0.2, 0.25) is 5.91 Å². The van der Waals surface area contributed by atoms with E-state index in [2.05, 4.69) is 20.5 Å². The van der Waals surface area contributed by atoms with Crippen molar-refractivity contribution in [3.05, 3.63) is 71.0 Å². The van der Waals surface area contributed by atoms with Crippen LogP contribution in [0.2, 0.25) is 0 Å². The number of nitrogens with zero attached hydrogens (tertiary/aromatic N) is 2. The molecule has 2 aromatic carbocycles. The second kappa shape index (κ2) is 11.4. The van der Waals surface area contributed by atoms with E-state index in [1.54, 1.807) is 18.2 Å². The van der Waals surface area contributed by atoms with Crippen LogP contribution in [0.15, 0.2) is 53.5 Å². The van der Waals surface area contributed by atoms with Gasteiger partial charge in [-0.1, -0.05) is 24.3 Å². The minimum atomic E-state index is -0.455. The third kappa shape index (κ3) is 6.77. The van der Waals surface area contributed by atoms with Gasteiger partial charge >= 0.3 is 0 Å². The molecule has 0 radical (unpaired) electrons. The summed E-state index contributed by atoms with van der Waals surface area (Å²) in [4.78, 5) is 18.4. The predicted octanol–water partition coefficient (Wildman–Crippen LogP) is 2.05. The number of nitrogens with one attached hydrogen (secondary N) is 2. The Balaban J connectivity index is 1.71. The molecule has 1 amide bonds. The van der Waals surface area contributed by atoms with Crippen molar-refractivity contribution >= 4 is 11.9 Å². The molecule has 0 aliphatic carbocycles. The van der Waals surface area contributed by atoms with E-state index < -0.39 is 5.91 Å². The number of benzene rings is 2. The lowest BCUT2D eigenvalue weighted by atomic mass is 10.0. The normalized spacial score (nSPS) is 16.0. The van der Waals surface area contributed by atoms with E-state index in [9.17, 15) is 9.18 Å². The molecule has 0 spiro atoms. The first-order chi connectivity index (χ1) is 15.1. The zero-order valence-corrected chi connectivity index (χ0v) is 17.8. The fraction of sp³-hybridized carbons (Fsp3) is 0.391. The molecular formula is C23H30FN5O2. The molecule has 1 aliphatic rings. The number of hydrogen-bond acceptors (Lipinski definition) is 4.